The Kier molecular flexibility index (Phi) is 6.45. The average molecular weight is 283 g/mol. The van der Waals surface area contributed by atoms with Crippen molar-refractivity contribution in [3.8, 4) is 5.75 Å². The molecule has 20 heavy (non-hydrogen) atoms. The Morgan fingerprint density at radius 1 is 1.40 bits per heavy atom. The van der Waals surface area contributed by atoms with Gasteiger partial charge in [0.25, 0.3) is 5.91 Å². The molecule has 0 aliphatic carbocycles. The first-order valence-corrected chi connectivity index (χ1v) is 6.83. The topological polar surface area (TPSA) is 49.8 Å². The van der Waals surface area contributed by atoms with Crippen molar-refractivity contribution >= 4 is 5.91 Å². The standard InChI is InChI=1S/C15H22FNO3/c1-4-12(5-2)17(8-9-20-3)15(19)13-10-11(16)6-7-14(13)18/h6-7,10,12,18H,4-5,8-9H2,1-3H3. The second-order valence-electron chi connectivity index (χ2n) is 4.62. The molecule has 0 saturated heterocycles. The molecule has 112 valence electrons. The monoisotopic (exact) mass is 283 g/mol. The van der Waals surface area contributed by atoms with E-state index in [1.54, 1.807) is 12.0 Å². The Bertz CT molecular complexity index is 447. The Balaban J connectivity index is 3.05. The van der Waals surface area contributed by atoms with Crippen molar-refractivity contribution in [1.82, 2.24) is 4.90 Å². The van der Waals surface area contributed by atoms with E-state index in [4.69, 9.17) is 4.74 Å². The van der Waals surface area contributed by atoms with Gasteiger partial charge in [-0.05, 0) is 31.0 Å². The second-order valence-corrected chi connectivity index (χ2v) is 4.62. The van der Waals surface area contributed by atoms with Crippen LogP contribution in [0, 0.1) is 5.82 Å². The molecule has 0 unspecified atom stereocenters. The molecule has 1 N–H and O–H groups in total. The predicted octanol–water partition coefficient (Wildman–Crippen LogP) is 2.81. The number of phenolic OH excluding ortho intramolecular Hbond substituents is 1. The first kappa shape index (κ1) is 16.4. The zero-order chi connectivity index (χ0) is 15.1. The highest BCUT2D eigenvalue weighted by atomic mass is 19.1. The number of methoxy groups -OCH3 is 1. The normalized spacial score (nSPS) is 10.8. The van der Waals surface area contributed by atoms with Gasteiger partial charge in [-0.15, -0.1) is 0 Å². The van der Waals surface area contributed by atoms with Gasteiger partial charge < -0.3 is 14.7 Å². The quantitative estimate of drug-likeness (QED) is 0.837. The minimum absolute atomic E-state index is 0.00648. The minimum Gasteiger partial charge on any atom is -0.507 e. The van der Waals surface area contributed by atoms with E-state index in [-0.39, 0.29) is 23.3 Å². The number of carbonyl (C=O) groups excluding carboxylic acids is 1. The average Bonchev–Trinajstić information content (AvgIpc) is 2.45. The third kappa shape index (κ3) is 3.93. The van der Waals surface area contributed by atoms with E-state index in [0.29, 0.717) is 13.2 Å². The van der Waals surface area contributed by atoms with Crippen LogP contribution >= 0.6 is 0 Å². The van der Waals surface area contributed by atoms with Crippen LogP contribution in [-0.4, -0.2) is 42.2 Å². The fraction of sp³-hybridized carbons (Fsp3) is 0.533. The molecular formula is C15H22FNO3. The fourth-order valence-electron chi connectivity index (χ4n) is 2.20. The van der Waals surface area contributed by atoms with Gasteiger partial charge in [-0.3, -0.25) is 4.79 Å². The van der Waals surface area contributed by atoms with Crippen LogP contribution in [0.3, 0.4) is 0 Å². The highest BCUT2D eigenvalue weighted by Crippen LogP contribution is 2.22. The molecule has 0 spiro atoms. The zero-order valence-electron chi connectivity index (χ0n) is 12.2. The summed E-state index contributed by atoms with van der Waals surface area (Å²) in [6, 6.07) is 3.44. The number of halogens is 1. The lowest BCUT2D eigenvalue weighted by atomic mass is 10.1. The van der Waals surface area contributed by atoms with Gasteiger partial charge in [-0.2, -0.15) is 0 Å². The maximum atomic E-state index is 13.3. The molecule has 0 aliphatic heterocycles. The molecule has 0 aromatic heterocycles. The third-order valence-electron chi connectivity index (χ3n) is 3.37. The van der Waals surface area contributed by atoms with E-state index in [1.807, 2.05) is 13.8 Å². The molecule has 0 atom stereocenters. The molecule has 0 fully saturated rings. The van der Waals surface area contributed by atoms with Crippen LogP contribution in [-0.2, 0) is 4.74 Å². The van der Waals surface area contributed by atoms with Gasteiger partial charge in [-0.1, -0.05) is 13.8 Å². The molecular weight excluding hydrogens is 261 g/mol. The number of rotatable bonds is 7. The zero-order valence-corrected chi connectivity index (χ0v) is 12.2. The van der Waals surface area contributed by atoms with E-state index in [9.17, 15) is 14.3 Å². The van der Waals surface area contributed by atoms with Crippen LogP contribution in [0.15, 0.2) is 18.2 Å². The largest absolute Gasteiger partial charge is 0.507 e. The lowest BCUT2D eigenvalue weighted by Gasteiger charge is -2.30. The maximum Gasteiger partial charge on any atom is 0.258 e. The van der Waals surface area contributed by atoms with Crippen LogP contribution in [0.5, 0.6) is 5.75 Å². The number of hydrogen-bond acceptors (Lipinski definition) is 3. The summed E-state index contributed by atoms with van der Waals surface area (Å²) in [6.45, 7) is 4.80. The molecule has 0 radical (unpaired) electrons. The molecule has 0 heterocycles. The molecule has 0 bridgehead atoms. The number of hydrogen-bond donors (Lipinski definition) is 1. The van der Waals surface area contributed by atoms with Gasteiger partial charge in [0.05, 0.1) is 12.2 Å². The Morgan fingerprint density at radius 2 is 2.05 bits per heavy atom. The molecule has 0 saturated carbocycles. The van der Waals surface area contributed by atoms with Crippen molar-refractivity contribution in [3.63, 3.8) is 0 Å². The molecule has 4 nitrogen and oxygen atoms in total. The molecule has 1 amide bonds. The SMILES string of the molecule is CCC(CC)N(CCOC)C(=O)c1cc(F)ccc1O. The number of carbonyl (C=O) groups is 1. The number of ether oxygens (including phenoxy) is 1. The summed E-state index contributed by atoms with van der Waals surface area (Å²) >= 11 is 0. The van der Waals surface area contributed by atoms with E-state index in [2.05, 4.69) is 0 Å². The first-order valence-electron chi connectivity index (χ1n) is 6.83. The Morgan fingerprint density at radius 3 is 2.60 bits per heavy atom. The van der Waals surface area contributed by atoms with Crippen molar-refractivity contribution in [3.05, 3.63) is 29.6 Å². The predicted molar refractivity (Wildman–Crippen MR) is 75.3 cm³/mol. The van der Waals surface area contributed by atoms with Crippen LogP contribution < -0.4 is 0 Å². The molecule has 5 heteroatoms. The summed E-state index contributed by atoms with van der Waals surface area (Å²) in [6.07, 6.45) is 1.59. The highest BCUT2D eigenvalue weighted by Gasteiger charge is 2.24. The van der Waals surface area contributed by atoms with Crippen molar-refractivity contribution in [2.45, 2.75) is 32.7 Å². The summed E-state index contributed by atoms with van der Waals surface area (Å²) in [7, 11) is 1.56. The van der Waals surface area contributed by atoms with E-state index in [1.165, 1.54) is 6.07 Å². The molecule has 0 aliphatic rings. The number of amides is 1. The van der Waals surface area contributed by atoms with Crippen LogP contribution in [0.4, 0.5) is 4.39 Å². The number of benzene rings is 1. The van der Waals surface area contributed by atoms with Crippen LogP contribution in [0.25, 0.3) is 0 Å². The summed E-state index contributed by atoms with van der Waals surface area (Å²) in [5, 5.41) is 9.76. The first-order chi connectivity index (χ1) is 9.54. The maximum absolute atomic E-state index is 13.3. The highest BCUT2D eigenvalue weighted by molar-refractivity contribution is 5.97. The van der Waals surface area contributed by atoms with Gasteiger partial charge >= 0.3 is 0 Å². The van der Waals surface area contributed by atoms with Crippen molar-refractivity contribution in [2.24, 2.45) is 0 Å². The molecule has 1 aromatic rings. The van der Waals surface area contributed by atoms with Crippen LogP contribution in [0.1, 0.15) is 37.0 Å². The summed E-state index contributed by atoms with van der Waals surface area (Å²) in [5.74, 6) is -1.11. The van der Waals surface area contributed by atoms with E-state index in [0.717, 1.165) is 25.0 Å². The number of phenols is 1. The smallest absolute Gasteiger partial charge is 0.258 e. The van der Waals surface area contributed by atoms with Crippen molar-refractivity contribution < 1.29 is 19.0 Å². The molecule has 1 aromatic carbocycles. The van der Waals surface area contributed by atoms with Gasteiger partial charge in [-0.25, -0.2) is 4.39 Å². The van der Waals surface area contributed by atoms with Gasteiger partial charge in [0.2, 0.25) is 0 Å². The Hall–Kier alpha value is -1.62. The fourth-order valence-corrected chi connectivity index (χ4v) is 2.20. The second kappa shape index (κ2) is 7.85. The van der Waals surface area contributed by atoms with Crippen molar-refractivity contribution in [1.29, 1.82) is 0 Å². The summed E-state index contributed by atoms with van der Waals surface area (Å²) < 4.78 is 18.3. The van der Waals surface area contributed by atoms with E-state index >= 15 is 0 Å². The third-order valence-corrected chi connectivity index (χ3v) is 3.37. The van der Waals surface area contributed by atoms with Gasteiger partial charge in [0.1, 0.15) is 11.6 Å². The lowest BCUT2D eigenvalue weighted by Crippen LogP contribution is -2.41. The Labute approximate surface area is 119 Å². The summed E-state index contributed by atoms with van der Waals surface area (Å²) in [4.78, 5) is 14.2. The number of aromatic hydroxyl groups is 1. The van der Waals surface area contributed by atoms with E-state index < -0.39 is 5.82 Å². The lowest BCUT2D eigenvalue weighted by molar-refractivity contribution is 0.0586. The van der Waals surface area contributed by atoms with Crippen molar-refractivity contribution in [2.75, 3.05) is 20.3 Å². The van der Waals surface area contributed by atoms with Gasteiger partial charge in [0, 0.05) is 19.7 Å². The van der Waals surface area contributed by atoms with Gasteiger partial charge in [0.15, 0.2) is 0 Å². The van der Waals surface area contributed by atoms with Crippen LogP contribution in [0.2, 0.25) is 0 Å². The summed E-state index contributed by atoms with van der Waals surface area (Å²) in [5.41, 5.74) is -0.00648. The number of nitrogens with zero attached hydrogens (tertiary/aromatic N) is 1. The minimum atomic E-state index is -0.539. The molecule has 1 rings (SSSR count).